The highest BCUT2D eigenvalue weighted by molar-refractivity contribution is 9.09. The second-order valence-electron chi connectivity index (χ2n) is 4.17. The molecule has 2 unspecified atom stereocenters. The third-order valence-corrected chi connectivity index (χ3v) is 4.26. The molecule has 0 aliphatic carbocycles. The largest absolute Gasteiger partial charge is 0.389 e. The van der Waals surface area contributed by atoms with Gasteiger partial charge in [0.1, 0.15) is 0 Å². The van der Waals surface area contributed by atoms with Crippen molar-refractivity contribution in [2.45, 2.75) is 51.0 Å². The fourth-order valence-corrected chi connectivity index (χ4v) is 1.71. The summed E-state index contributed by atoms with van der Waals surface area (Å²) in [6, 6.07) is 0. The number of hydrogen-bond acceptors (Lipinski definition) is 0. The Kier molecular flexibility index (Phi) is 6.10. The molecule has 0 N–H and O–H groups in total. The number of rotatable bonds is 5. The standard InChI is InChI=1S/C10H18BrF3/c1-7(2)9(11)8(3)5-4-6-10(12,13)14/h7-9H,4-6H2,1-3H3. The van der Waals surface area contributed by atoms with Gasteiger partial charge in [-0.1, -0.05) is 36.7 Å². The third kappa shape index (κ3) is 6.68. The van der Waals surface area contributed by atoms with E-state index in [-0.39, 0.29) is 6.42 Å². The molecular formula is C10H18BrF3. The topological polar surface area (TPSA) is 0 Å². The molecule has 0 bridgehead atoms. The van der Waals surface area contributed by atoms with Crippen molar-refractivity contribution in [1.29, 1.82) is 0 Å². The molecule has 0 heterocycles. The van der Waals surface area contributed by atoms with E-state index >= 15 is 0 Å². The zero-order valence-corrected chi connectivity index (χ0v) is 10.5. The van der Waals surface area contributed by atoms with Gasteiger partial charge in [0.15, 0.2) is 0 Å². The summed E-state index contributed by atoms with van der Waals surface area (Å²) in [5.41, 5.74) is 0. The lowest BCUT2D eigenvalue weighted by molar-refractivity contribution is -0.136. The summed E-state index contributed by atoms with van der Waals surface area (Å²) >= 11 is 3.51. The van der Waals surface area contributed by atoms with Gasteiger partial charge in [-0.2, -0.15) is 13.2 Å². The Hall–Kier alpha value is 0.270. The molecule has 0 saturated carbocycles. The average Bonchev–Trinajstić information content (AvgIpc) is 2.00. The minimum Gasteiger partial charge on any atom is -0.171 e. The van der Waals surface area contributed by atoms with Gasteiger partial charge < -0.3 is 0 Å². The first-order valence-corrected chi connectivity index (χ1v) is 5.86. The first-order chi connectivity index (χ1) is 6.24. The lowest BCUT2D eigenvalue weighted by Crippen LogP contribution is -2.18. The van der Waals surface area contributed by atoms with Gasteiger partial charge in [-0.25, -0.2) is 0 Å². The minimum atomic E-state index is -4.00. The van der Waals surface area contributed by atoms with E-state index in [1.54, 1.807) is 0 Å². The Bertz CT molecular complexity index is 154. The molecule has 0 aromatic rings. The first-order valence-electron chi connectivity index (χ1n) is 4.95. The molecule has 0 radical (unpaired) electrons. The van der Waals surface area contributed by atoms with Crippen LogP contribution in [-0.2, 0) is 0 Å². The van der Waals surface area contributed by atoms with E-state index in [9.17, 15) is 13.2 Å². The van der Waals surface area contributed by atoms with E-state index < -0.39 is 12.6 Å². The summed E-state index contributed by atoms with van der Waals surface area (Å²) < 4.78 is 35.6. The van der Waals surface area contributed by atoms with E-state index in [2.05, 4.69) is 29.8 Å². The normalized spacial score (nSPS) is 17.1. The van der Waals surface area contributed by atoms with Crippen LogP contribution in [0.2, 0.25) is 0 Å². The first kappa shape index (κ1) is 14.3. The molecule has 0 spiro atoms. The van der Waals surface area contributed by atoms with E-state index in [1.807, 2.05) is 6.92 Å². The zero-order chi connectivity index (χ0) is 11.4. The summed E-state index contributed by atoms with van der Waals surface area (Å²) in [6.45, 7) is 6.13. The lowest BCUT2D eigenvalue weighted by atomic mass is 9.94. The summed E-state index contributed by atoms with van der Waals surface area (Å²) in [6.07, 6.45) is -3.79. The Balaban J connectivity index is 3.69. The molecule has 0 fully saturated rings. The van der Waals surface area contributed by atoms with Gasteiger partial charge in [0.25, 0.3) is 0 Å². The van der Waals surface area contributed by atoms with Crippen LogP contribution < -0.4 is 0 Å². The number of hydrogen-bond donors (Lipinski definition) is 0. The van der Waals surface area contributed by atoms with Crippen LogP contribution in [0, 0.1) is 11.8 Å². The van der Waals surface area contributed by atoms with Gasteiger partial charge in [-0.3, -0.25) is 0 Å². The maximum Gasteiger partial charge on any atom is 0.389 e. The van der Waals surface area contributed by atoms with Crippen molar-refractivity contribution in [3.05, 3.63) is 0 Å². The van der Waals surface area contributed by atoms with Crippen molar-refractivity contribution >= 4 is 15.9 Å². The smallest absolute Gasteiger partial charge is 0.171 e. The maximum absolute atomic E-state index is 11.9. The van der Waals surface area contributed by atoms with Crippen molar-refractivity contribution in [1.82, 2.24) is 0 Å². The molecular weight excluding hydrogens is 257 g/mol. The van der Waals surface area contributed by atoms with E-state index in [0.29, 0.717) is 23.1 Å². The molecule has 2 atom stereocenters. The van der Waals surface area contributed by atoms with Crippen LogP contribution in [0.15, 0.2) is 0 Å². The van der Waals surface area contributed by atoms with Crippen molar-refractivity contribution < 1.29 is 13.2 Å². The van der Waals surface area contributed by atoms with Crippen LogP contribution in [0.3, 0.4) is 0 Å². The van der Waals surface area contributed by atoms with Crippen LogP contribution >= 0.6 is 15.9 Å². The Labute approximate surface area is 92.4 Å². The summed E-state index contributed by atoms with van der Waals surface area (Å²) in [4.78, 5) is 0.315. The van der Waals surface area contributed by atoms with Gasteiger partial charge in [0.05, 0.1) is 0 Å². The monoisotopic (exact) mass is 274 g/mol. The fraction of sp³-hybridized carbons (Fsp3) is 1.00. The Morgan fingerprint density at radius 1 is 1.14 bits per heavy atom. The van der Waals surface area contributed by atoms with Gasteiger partial charge in [-0.15, -0.1) is 0 Å². The van der Waals surface area contributed by atoms with E-state index in [4.69, 9.17) is 0 Å². The van der Waals surface area contributed by atoms with Crippen molar-refractivity contribution in [2.24, 2.45) is 11.8 Å². The Morgan fingerprint density at radius 2 is 1.64 bits per heavy atom. The van der Waals surface area contributed by atoms with Crippen LogP contribution in [0.5, 0.6) is 0 Å². The van der Waals surface area contributed by atoms with Crippen LogP contribution in [0.25, 0.3) is 0 Å². The molecule has 0 aliphatic heterocycles. The zero-order valence-electron chi connectivity index (χ0n) is 8.87. The molecule has 0 aliphatic rings. The molecule has 0 rings (SSSR count). The lowest BCUT2D eigenvalue weighted by Gasteiger charge is -2.21. The van der Waals surface area contributed by atoms with Crippen LogP contribution in [0.1, 0.15) is 40.0 Å². The molecule has 4 heteroatoms. The summed E-state index contributed by atoms with van der Waals surface area (Å²) in [5.74, 6) is 0.772. The summed E-state index contributed by atoms with van der Waals surface area (Å²) in [5, 5.41) is 0. The van der Waals surface area contributed by atoms with E-state index in [1.165, 1.54) is 0 Å². The third-order valence-electron chi connectivity index (χ3n) is 2.30. The predicted molar refractivity (Wildman–Crippen MR) is 56.6 cm³/mol. The van der Waals surface area contributed by atoms with Crippen molar-refractivity contribution in [3.63, 3.8) is 0 Å². The van der Waals surface area contributed by atoms with Gasteiger partial charge >= 0.3 is 6.18 Å². The molecule has 14 heavy (non-hydrogen) atoms. The molecule has 0 aromatic heterocycles. The summed E-state index contributed by atoms with van der Waals surface area (Å²) in [7, 11) is 0. The van der Waals surface area contributed by atoms with Gasteiger partial charge in [-0.05, 0) is 24.7 Å². The van der Waals surface area contributed by atoms with Crippen LogP contribution in [0.4, 0.5) is 13.2 Å². The molecule has 86 valence electrons. The highest BCUT2D eigenvalue weighted by atomic mass is 79.9. The van der Waals surface area contributed by atoms with Gasteiger partial charge in [0, 0.05) is 11.2 Å². The number of alkyl halides is 4. The SMILES string of the molecule is CC(C)C(Br)C(C)CCCC(F)(F)F. The highest BCUT2D eigenvalue weighted by Gasteiger charge is 2.27. The second kappa shape index (κ2) is 5.99. The molecule has 0 aromatic carbocycles. The Morgan fingerprint density at radius 3 is 2.00 bits per heavy atom. The molecule has 0 nitrogen and oxygen atoms in total. The van der Waals surface area contributed by atoms with Crippen LogP contribution in [-0.4, -0.2) is 11.0 Å². The fourth-order valence-electron chi connectivity index (χ4n) is 1.44. The predicted octanol–water partition coefficient (Wildman–Crippen LogP) is 4.77. The van der Waals surface area contributed by atoms with Gasteiger partial charge in [0.2, 0.25) is 0 Å². The quantitative estimate of drug-likeness (QED) is 0.634. The molecule has 0 amide bonds. The average molecular weight is 275 g/mol. The maximum atomic E-state index is 11.9. The van der Waals surface area contributed by atoms with Crippen molar-refractivity contribution in [2.75, 3.05) is 0 Å². The number of halogens is 4. The molecule has 0 saturated heterocycles. The second-order valence-corrected chi connectivity index (χ2v) is 5.23. The highest BCUT2D eigenvalue weighted by Crippen LogP contribution is 2.28. The minimum absolute atomic E-state index is 0.236. The van der Waals surface area contributed by atoms with Crippen molar-refractivity contribution in [3.8, 4) is 0 Å². The van der Waals surface area contributed by atoms with E-state index in [0.717, 1.165) is 0 Å².